The van der Waals surface area contributed by atoms with Gasteiger partial charge in [-0.3, -0.25) is 0 Å². The van der Waals surface area contributed by atoms with E-state index in [4.69, 9.17) is 17.2 Å². The second-order valence-corrected chi connectivity index (χ2v) is 5.12. The normalized spacial score (nSPS) is 23.6. The Hall–Kier alpha value is -1.68. The van der Waals surface area contributed by atoms with Gasteiger partial charge in [-0.25, -0.2) is 0 Å². The molecule has 0 aromatic rings. The van der Waals surface area contributed by atoms with Crippen LogP contribution in [0.3, 0.4) is 0 Å². The van der Waals surface area contributed by atoms with Crippen LogP contribution in [-0.2, 0) is 0 Å². The van der Waals surface area contributed by atoms with Crippen molar-refractivity contribution < 1.29 is 0 Å². The Morgan fingerprint density at radius 2 is 1.89 bits per heavy atom. The standard InChI is InChI=1S/C15H26N4/c1-4-12-7-8-19(3)10-13(12)9-11(2)14(16)5-6-15(17)18/h4-6,9,11H,7-8,10,16-18H2,1-3H3/b12-4-,13-9-,14-5-. The van der Waals surface area contributed by atoms with Crippen LogP contribution in [0.1, 0.15) is 20.3 Å². The maximum absolute atomic E-state index is 6.03. The third kappa shape index (κ3) is 4.83. The van der Waals surface area contributed by atoms with Crippen molar-refractivity contribution in [1.82, 2.24) is 4.90 Å². The second kappa shape index (κ2) is 7.04. The molecular weight excluding hydrogens is 236 g/mol. The zero-order valence-corrected chi connectivity index (χ0v) is 12.2. The largest absolute Gasteiger partial charge is 0.402 e. The fourth-order valence-electron chi connectivity index (χ4n) is 2.17. The van der Waals surface area contributed by atoms with Crippen LogP contribution in [0, 0.1) is 5.92 Å². The molecule has 0 radical (unpaired) electrons. The molecular formula is C15H26N4. The Kier molecular flexibility index (Phi) is 5.70. The molecule has 1 aliphatic heterocycles. The first-order valence-electron chi connectivity index (χ1n) is 6.67. The van der Waals surface area contributed by atoms with Gasteiger partial charge in [-0.2, -0.15) is 0 Å². The Morgan fingerprint density at radius 1 is 1.21 bits per heavy atom. The van der Waals surface area contributed by atoms with E-state index in [-0.39, 0.29) is 11.7 Å². The van der Waals surface area contributed by atoms with Crippen LogP contribution in [0.5, 0.6) is 0 Å². The van der Waals surface area contributed by atoms with Gasteiger partial charge in [0.25, 0.3) is 0 Å². The Bertz CT molecular complexity index is 425. The van der Waals surface area contributed by atoms with E-state index in [9.17, 15) is 0 Å². The average Bonchev–Trinajstić information content (AvgIpc) is 2.36. The summed E-state index contributed by atoms with van der Waals surface area (Å²) in [6, 6.07) is 0. The van der Waals surface area contributed by atoms with Gasteiger partial charge in [0.15, 0.2) is 0 Å². The number of allylic oxidation sites excluding steroid dienone is 4. The fourth-order valence-corrected chi connectivity index (χ4v) is 2.17. The topological polar surface area (TPSA) is 81.3 Å². The van der Waals surface area contributed by atoms with Gasteiger partial charge >= 0.3 is 0 Å². The van der Waals surface area contributed by atoms with Gasteiger partial charge in [0.05, 0.1) is 5.82 Å². The first kappa shape index (κ1) is 15.4. The molecule has 0 bridgehead atoms. The first-order valence-corrected chi connectivity index (χ1v) is 6.67. The molecule has 0 amide bonds. The number of piperidine rings is 1. The van der Waals surface area contributed by atoms with Crippen molar-refractivity contribution in [3.63, 3.8) is 0 Å². The Labute approximate surface area is 116 Å². The molecule has 1 fully saturated rings. The lowest BCUT2D eigenvalue weighted by Crippen LogP contribution is -2.29. The lowest BCUT2D eigenvalue weighted by Gasteiger charge is -2.28. The summed E-state index contributed by atoms with van der Waals surface area (Å²) in [6.07, 6.45) is 8.94. The van der Waals surface area contributed by atoms with E-state index in [1.807, 2.05) is 0 Å². The quantitative estimate of drug-likeness (QED) is 0.672. The third-order valence-corrected chi connectivity index (χ3v) is 3.41. The Morgan fingerprint density at radius 3 is 2.47 bits per heavy atom. The molecule has 4 nitrogen and oxygen atoms in total. The minimum atomic E-state index is 0.173. The SMILES string of the molecule is C/C=C1/CCN(C)C/C1=C/C(C)/C(N)=C/C=C(N)N. The lowest BCUT2D eigenvalue weighted by atomic mass is 9.93. The summed E-state index contributed by atoms with van der Waals surface area (Å²) < 4.78 is 0. The van der Waals surface area contributed by atoms with E-state index in [2.05, 4.69) is 37.9 Å². The number of nitrogens with zero attached hydrogens (tertiary/aromatic N) is 1. The Balaban J connectivity index is 2.87. The molecule has 1 saturated heterocycles. The first-order chi connectivity index (χ1) is 8.93. The zero-order valence-electron chi connectivity index (χ0n) is 12.2. The zero-order chi connectivity index (χ0) is 14.4. The summed E-state index contributed by atoms with van der Waals surface area (Å²) in [5.41, 5.74) is 20.4. The maximum Gasteiger partial charge on any atom is 0.0934 e. The van der Waals surface area contributed by atoms with Gasteiger partial charge in [0.2, 0.25) is 0 Å². The molecule has 1 unspecified atom stereocenters. The molecule has 19 heavy (non-hydrogen) atoms. The number of likely N-dealkylation sites (tertiary alicyclic amines) is 1. The van der Waals surface area contributed by atoms with E-state index < -0.39 is 0 Å². The molecule has 106 valence electrons. The fraction of sp³-hybridized carbons (Fsp3) is 0.467. The van der Waals surface area contributed by atoms with Gasteiger partial charge in [0, 0.05) is 24.7 Å². The van der Waals surface area contributed by atoms with Crippen LogP contribution >= 0.6 is 0 Å². The van der Waals surface area contributed by atoms with Crippen molar-refractivity contribution in [3.05, 3.63) is 47.0 Å². The van der Waals surface area contributed by atoms with E-state index in [1.165, 1.54) is 11.1 Å². The van der Waals surface area contributed by atoms with Crippen molar-refractivity contribution in [2.75, 3.05) is 20.1 Å². The smallest absolute Gasteiger partial charge is 0.0934 e. The minimum absolute atomic E-state index is 0.173. The summed E-state index contributed by atoms with van der Waals surface area (Å²) in [5, 5.41) is 0. The summed E-state index contributed by atoms with van der Waals surface area (Å²) in [6.45, 7) is 6.27. The van der Waals surface area contributed by atoms with Crippen molar-refractivity contribution in [2.45, 2.75) is 20.3 Å². The highest BCUT2D eigenvalue weighted by atomic mass is 15.1. The van der Waals surface area contributed by atoms with Crippen LogP contribution in [0.15, 0.2) is 47.0 Å². The monoisotopic (exact) mass is 262 g/mol. The lowest BCUT2D eigenvalue weighted by molar-refractivity contribution is 0.347. The maximum atomic E-state index is 6.03. The molecule has 1 rings (SSSR count). The predicted molar refractivity (Wildman–Crippen MR) is 81.8 cm³/mol. The molecule has 0 saturated carbocycles. The van der Waals surface area contributed by atoms with Gasteiger partial charge in [0.1, 0.15) is 0 Å². The van der Waals surface area contributed by atoms with E-state index >= 15 is 0 Å². The van der Waals surface area contributed by atoms with Crippen LogP contribution in [0.2, 0.25) is 0 Å². The highest BCUT2D eigenvalue weighted by Gasteiger charge is 2.16. The predicted octanol–water partition coefficient (Wildman–Crippen LogP) is 1.43. The highest BCUT2D eigenvalue weighted by Crippen LogP contribution is 2.23. The van der Waals surface area contributed by atoms with E-state index in [0.717, 1.165) is 25.2 Å². The number of nitrogens with two attached hydrogens (primary N) is 3. The van der Waals surface area contributed by atoms with Gasteiger partial charge < -0.3 is 22.1 Å². The highest BCUT2D eigenvalue weighted by molar-refractivity contribution is 5.36. The molecule has 1 atom stereocenters. The van der Waals surface area contributed by atoms with Crippen LogP contribution in [0.4, 0.5) is 0 Å². The average molecular weight is 262 g/mol. The van der Waals surface area contributed by atoms with Crippen molar-refractivity contribution >= 4 is 0 Å². The van der Waals surface area contributed by atoms with E-state index in [0.29, 0.717) is 0 Å². The van der Waals surface area contributed by atoms with Gasteiger partial charge in [-0.1, -0.05) is 19.1 Å². The van der Waals surface area contributed by atoms with Crippen molar-refractivity contribution in [3.8, 4) is 0 Å². The molecule has 0 spiro atoms. The summed E-state index contributed by atoms with van der Waals surface area (Å²) in [7, 11) is 2.14. The molecule has 0 aromatic carbocycles. The molecule has 0 aliphatic carbocycles. The summed E-state index contributed by atoms with van der Waals surface area (Å²) in [4.78, 5) is 2.32. The summed E-state index contributed by atoms with van der Waals surface area (Å²) >= 11 is 0. The third-order valence-electron chi connectivity index (χ3n) is 3.41. The minimum Gasteiger partial charge on any atom is -0.402 e. The molecule has 0 aromatic heterocycles. The molecule has 6 N–H and O–H groups in total. The number of hydrogen-bond donors (Lipinski definition) is 3. The number of likely N-dealkylation sites (N-methyl/N-ethyl adjacent to an activating group) is 1. The van der Waals surface area contributed by atoms with Crippen LogP contribution in [-0.4, -0.2) is 25.0 Å². The second-order valence-electron chi connectivity index (χ2n) is 5.12. The number of rotatable bonds is 3. The van der Waals surface area contributed by atoms with Crippen LogP contribution < -0.4 is 17.2 Å². The number of hydrogen-bond acceptors (Lipinski definition) is 4. The molecule has 4 heteroatoms. The van der Waals surface area contributed by atoms with Crippen molar-refractivity contribution in [2.24, 2.45) is 23.1 Å². The van der Waals surface area contributed by atoms with Crippen LogP contribution in [0.25, 0.3) is 0 Å². The van der Waals surface area contributed by atoms with Gasteiger partial charge in [-0.15, -0.1) is 0 Å². The summed E-state index contributed by atoms with van der Waals surface area (Å²) in [5.74, 6) is 0.446. The molecule has 1 heterocycles. The van der Waals surface area contributed by atoms with Gasteiger partial charge in [-0.05, 0) is 43.7 Å². The molecule has 1 aliphatic rings. The van der Waals surface area contributed by atoms with E-state index in [1.54, 1.807) is 12.2 Å². The van der Waals surface area contributed by atoms with Crippen molar-refractivity contribution in [1.29, 1.82) is 0 Å².